The number of fused-ring (bicyclic) bond motifs is 1. The number of hydrogen-bond acceptors (Lipinski definition) is 7. The first-order valence-corrected chi connectivity index (χ1v) is 12.5. The van der Waals surface area contributed by atoms with Crippen molar-refractivity contribution in [3.05, 3.63) is 53.6 Å². The summed E-state index contributed by atoms with van der Waals surface area (Å²) in [4.78, 5) is 63.2. The first-order valence-electron chi connectivity index (χ1n) is 12.5. The number of piperidine rings is 2. The third kappa shape index (κ3) is 4.00. The number of nitrogens with zero attached hydrogens (tertiary/aromatic N) is 5. The number of anilines is 1. The van der Waals surface area contributed by atoms with Crippen molar-refractivity contribution in [3.8, 4) is 0 Å². The van der Waals surface area contributed by atoms with Gasteiger partial charge in [0.25, 0.3) is 5.91 Å². The molecule has 1 atom stereocenters. The lowest BCUT2D eigenvalue weighted by Crippen LogP contribution is -2.61. The molecular weight excluding hydrogens is 460 g/mol. The number of amides is 4. The van der Waals surface area contributed by atoms with E-state index in [0.29, 0.717) is 24.9 Å². The largest absolute Gasteiger partial charge is 0.370 e. The van der Waals surface area contributed by atoms with Gasteiger partial charge in [-0.1, -0.05) is 0 Å². The van der Waals surface area contributed by atoms with Gasteiger partial charge in [-0.3, -0.25) is 24.5 Å². The van der Waals surface area contributed by atoms with Gasteiger partial charge in [-0.25, -0.2) is 9.97 Å². The Bertz CT molecular complexity index is 1230. The highest BCUT2D eigenvalue weighted by Crippen LogP contribution is 2.43. The molecule has 186 valence electrons. The molecule has 5 heterocycles. The maximum absolute atomic E-state index is 12.9. The summed E-state index contributed by atoms with van der Waals surface area (Å²) < 4.78 is 0. The molecular formula is C26H28N6O4. The summed E-state index contributed by atoms with van der Waals surface area (Å²) >= 11 is 0. The van der Waals surface area contributed by atoms with E-state index in [2.05, 4.69) is 26.3 Å². The Morgan fingerprint density at radius 1 is 1.08 bits per heavy atom. The molecule has 2 aromatic rings. The second-order valence-electron chi connectivity index (χ2n) is 10.4. The molecule has 36 heavy (non-hydrogen) atoms. The molecule has 4 aliphatic rings. The molecule has 4 aliphatic heterocycles. The number of nitrogens with one attached hydrogen (secondary N) is 1. The van der Waals surface area contributed by atoms with Crippen LogP contribution < -0.4 is 10.2 Å². The second-order valence-corrected chi connectivity index (χ2v) is 10.4. The van der Waals surface area contributed by atoms with Gasteiger partial charge in [-0.15, -0.1) is 0 Å². The van der Waals surface area contributed by atoms with Crippen LogP contribution in [0, 0.1) is 5.41 Å². The van der Waals surface area contributed by atoms with E-state index in [0.717, 1.165) is 55.8 Å². The Kier molecular flexibility index (Phi) is 5.46. The zero-order valence-electron chi connectivity index (χ0n) is 20.0. The zero-order valence-corrected chi connectivity index (χ0v) is 20.0. The lowest BCUT2D eigenvalue weighted by molar-refractivity contribution is -0.137. The van der Waals surface area contributed by atoms with Crippen molar-refractivity contribution in [1.29, 1.82) is 0 Å². The van der Waals surface area contributed by atoms with Crippen LogP contribution in [0.4, 0.5) is 5.69 Å². The number of carbonyl (C=O) groups is 4. The van der Waals surface area contributed by atoms with Gasteiger partial charge in [0, 0.05) is 68.2 Å². The third-order valence-corrected chi connectivity index (χ3v) is 8.07. The van der Waals surface area contributed by atoms with Crippen molar-refractivity contribution in [2.75, 3.05) is 31.1 Å². The predicted octanol–water partition coefficient (Wildman–Crippen LogP) is 0.909. The zero-order chi connectivity index (χ0) is 24.9. The fourth-order valence-electron chi connectivity index (χ4n) is 5.96. The topological polar surface area (TPSA) is 116 Å². The molecule has 10 heteroatoms. The van der Waals surface area contributed by atoms with Gasteiger partial charge in [0.05, 0.1) is 6.42 Å². The molecule has 3 fully saturated rings. The van der Waals surface area contributed by atoms with E-state index in [1.165, 1.54) is 6.33 Å². The van der Waals surface area contributed by atoms with Gasteiger partial charge in [0.1, 0.15) is 12.4 Å². The van der Waals surface area contributed by atoms with Crippen LogP contribution in [-0.4, -0.2) is 75.6 Å². The van der Waals surface area contributed by atoms with E-state index in [4.69, 9.17) is 0 Å². The van der Waals surface area contributed by atoms with Crippen LogP contribution in [0.25, 0.3) is 0 Å². The summed E-state index contributed by atoms with van der Waals surface area (Å²) in [5, 5.41) is 2.35. The molecule has 0 saturated carbocycles. The van der Waals surface area contributed by atoms with E-state index in [1.807, 2.05) is 17.0 Å². The Morgan fingerprint density at radius 2 is 1.83 bits per heavy atom. The van der Waals surface area contributed by atoms with Gasteiger partial charge in [-0.05, 0) is 48.6 Å². The van der Waals surface area contributed by atoms with E-state index in [-0.39, 0.29) is 35.5 Å². The standard InChI is InChI=1S/C26H28N6O4/c33-22-4-3-21(24(35)29-22)32-13-18-10-19(1-2-20(18)25(32)36)31-14-26(15-31)5-7-30(8-6-26)23(34)9-17-11-27-16-28-12-17/h1-2,10-12,16,21H,3-9,13-15H2,(H,29,33,35). The van der Waals surface area contributed by atoms with E-state index in [9.17, 15) is 19.2 Å². The number of rotatable bonds is 4. The molecule has 0 bridgehead atoms. The Balaban J connectivity index is 1.05. The Morgan fingerprint density at radius 3 is 2.56 bits per heavy atom. The van der Waals surface area contributed by atoms with Crippen LogP contribution in [0.2, 0.25) is 0 Å². The van der Waals surface area contributed by atoms with Crippen molar-refractivity contribution in [1.82, 2.24) is 25.1 Å². The van der Waals surface area contributed by atoms with Gasteiger partial charge < -0.3 is 14.7 Å². The number of carbonyl (C=O) groups excluding carboxylic acids is 4. The summed E-state index contributed by atoms with van der Waals surface area (Å²) in [6.07, 6.45) is 7.76. The minimum absolute atomic E-state index is 0.125. The highest BCUT2D eigenvalue weighted by Gasteiger charge is 2.46. The Labute approximate surface area is 208 Å². The van der Waals surface area contributed by atoms with E-state index < -0.39 is 6.04 Å². The fraction of sp³-hybridized carbons (Fsp3) is 0.462. The Hall–Kier alpha value is -3.82. The third-order valence-electron chi connectivity index (χ3n) is 8.07. The summed E-state index contributed by atoms with van der Waals surface area (Å²) in [7, 11) is 0. The van der Waals surface area contributed by atoms with Gasteiger partial charge in [0.2, 0.25) is 17.7 Å². The van der Waals surface area contributed by atoms with Crippen LogP contribution in [-0.2, 0) is 27.3 Å². The maximum atomic E-state index is 12.9. The number of imide groups is 1. The summed E-state index contributed by atoms with van der Waals surface area (Å²) in [5.74, 6) is -0.695. The van der Waals surface area contributed by atoms with Crippen molar-refractivity contribution in [2.24, 2.45) is 5.41 Å². The number of hydrogen-bond donors (Lipinski definition) is 1. The first-order chi connectivity index (χ1) is 17.4. The SMILES string of the molecule is O=C1CCC(N2Cc3cc(N4CC5(CCN(C(=O)Cc6cncnc6)CC5)C4)ccc3C2=O)C(=O)N1. The number of likely N-dealkylation sites (tertiary alicyclic amines) is 1. The van der Waals surface area contributed by atoms with Crippen molar-refractivity contribution in [2.45, 2.75) is 44.7 Å². The van der Waals surface area contributed by atoms with Crippen LogP contribution in [0.15, 0.2) is 36.9 Å². The summed E-state index contributed by atoms with van der Waals surface area (Å²) in [6.45, 7) is 3.78. The molecule has 4 amide bonds. The van der Waals surface area contributed by atoms with E-state index in [1.54, 1.807) is 17.3 Å². The molecule has 1 aromatic carbocycles. The van der Waals surface area contributed by atoms with Crippen molar-refractivity contribution < 1.29 is 19.2 Å². The molecule has 0 radical (unpaired) electrons. The molecule has 1 spiro atoms. The average Bonchev–Trinajstić information content (AvgIpc) is 3.18. The van der Waals surface area contributed by atoms with E-state index >= 15 is 0 Å². The van der Waals surface area contributed by atoms with Crippen molar-refractivity contribution >= 4 is 29.3 Å². The summed E-state index contributed by atoms with van der Waals surface area (Å²) in [6, 6.07) is 5.31. The lowest BCUT2D eigenvalue weighted by atomic mass is 9.71. The average molecular weight is 489 g/mol. The molecule has 1 unspecified atom stereocenters. The highest BCUT2D eigenvalue weighted by atomic mass is 16.2. The van der Waals surface area contributed by atoms with Crippen LogP contribution in [0.5, 0.6) is 0 Å². The molecule has 1 N–H and O–H groups in total. The maximum Gasteiger partial charge on any atom is 0.255 e. The molecule has 3 saturated heterocycles. The molecule has 6 rings (SSSR count). The van der Waals surface area contributed by atoms with Crippen LogP contribution in [0.3, 0.4) is 0 Å². The monoisotopic (exact) mass is 488 g/mol. The quantitative estimate of drug-likeness (QED) is 0.636. The normalized spacial score (nSPS) is 22.9. The van der Waals surface area contributed by atoms with Gasteiger partial charge in [0.15, 0.2) is 0 Å². The molecule has 1 aromatic heterocycles. The molecule has 0 aliphatic carbocycles. The van der Waals surface area contributed by atoms with Crippen LogP contribution in [0.1, 0.15) is 47.2 Å². The highest BCUT2D eigenvalue weighted by molar-refractivity contribution is 6.05. The smallest absolute Gasteiger partial charge is 0.255 e. The van der Waals surface area contributed by atoms with Crippen molar-refractivity contribution in [3.63, 3.8) is 0 Å². The molecule has 10 nitrogen and oxygen atoms in total. The van der Waals surface area contributed by atoms with Gasteiger partial charge in [-0.2, -0.15) is 0 Å². The predicted molar refractivity (Wildman–Crippen MR) is 129 cm³/mol. The van der Waals surface area contributed by atoms with Gasteiger partial charge >= 0.3 is 0 Å². The lowest BCUT2D eigenvalue weighted by Gasteiger charge is -2.55. The number of aromatic nitrogens is 2. The van der Waals surface area contributed by atoms with Crippen LogP contribution >= 0.6 is 0 Å². The summed E-state index contributed by atoms with van der Waals surface area (Å²) in [5.41, 5.74) is 3.70. The fourth-order valence-corrected chi connectivity index (χ4v) is 5.96. The minimum Gasteiger partial charge on any atom is -0.370 e. The first kappa shape index (κ1) is 22.6. The minimum atomic E-state index is -0.597. The number of benzene rings is 1. The second kappa shape index (κ2) is 8.69.